The van der Waals surface area contributed by atoms with Gasteiger partial charge in [-0.1, -0.05) is 0 Å². The van der Waals surface area contributed by atoms with E-state index in [9.17, 15) is 4.79 Å². The van der Waals surface area contributed by atoms with Gasteiger partial charge in [0.15, 0.2) is 0 Å². The number of carbonyl (C=O) groups is 1. The molecule has 0 spiro atoms. The maximum atomic E-state index is 12.3. The van der Waals surface area contributed by atoms with Gasteiger partial charge in [-0.3, -0.25) is 14.6 Å². The van der Waals surface area contributed by atoms with Gasteiger partial charge < -0.3 is 10.6 Å². The normalized spacial score (nSPS) is 19.4. The Kier molecular flexibility index (Phi) is 11.0. The summed E-state index contributed by atoms with van der Waals surface area (Å²) in [6, 6.07) is 0. The summed E-state index contributed by atoms with van der Waals surface area (Å²) in [5.41, 5.74) is 1.16. The van der Waals surface area contributed by atoms with Crippen molar-refractivity contribution in [2.75, 3.05) is 52.4 Å². The first-order valence-corrected chi connectivity index (χ1v) is 9.93. The van der Waals surface area contributed by atoms with Gasteiger partial charge in [0, 0.05) is 57.1 Å². The lowest BCUT2D eigenvalue weighted by molar-refractivity contribution is -0.126. The van der Waals surface area contributed by atoms with Crippen molar-refractivity contribution in [3.8, 4) is 0 Å². The molecule has 0 atom stereocenters. The molecular formula is C17H31Cl2N5OS. The number of aryl methyl sites for hydroxylation is 1. The van der Waals surface area contributed by atoms with Crippen molar-refractivity contribution in [3.05, 3.63) is 16.1 Å². The van der Waals surface area contributed by atoms with Crippen LogP contribution < -0.4 is 10.6 Å². The molecule has 2 fully saturated rings. The molecule has 0 aromatic carbocycles. The number of likely N-dealkylation sites (tertiary alicyclic amines) is 1. The third-order valence-corrected chi connectivity index (χ3v) is 5.77. The standard InChI is InChI=1S/C17H29N5OS.2ClH/c1-14-20-16(13-24-14)12-22-7-2-15(3-8-22)17(23)19-6-11-21-9-4-18-5-10-21;;/h13,15,18H,2-12H2,1H3,(H,19,23);2*1H. The highest BCUT2D eigenvalue weighted by Crippen LogP contribution is 2.19. The van der Waals surface area contributed by atoms with E-state index in [0.29, 0.717) is 0 Å². The first kappa shape index (κ1) is 23.6. The molecule has 3 rings (SSSR count). The van der Waals surface area contributed by atoms with E-state index in [1.807, 2.05) is 6.92 Å². The van der Waals surface area contributed by atoms with Crippen molar-refractivity contribution >= 4 is 42.1 Å². The van der Waals surface area contributed by atoms with E-state index < -0.39 is 0 Å². The average Bonchev–Trinajstić information content (AvgIpc) is 3.01. The summed E-state index contributed by atoms with van der Waals surface area (Å²) < 4.78 is 0. The van der Waals surface area contributed by atoms with Gasteiger partial charge in [0.2, 0.25) is 5.91 Å². The third kappa shape index (κ3) is 7.29. The Bertz CT molecular complexity index is 531. The van der Waals surface area contributed by atoms with Crippen molar-refractivity contribution in [2.24, 2.45) is 5.92 Å². The predicted octanol–water partition coefficient (Wildman–Crippen LogP) is 1.53. The number of amides is 1. The minimum atomic E-state index is 0. The van der Waals surface area contributed by atoms with E-state index in [1.54, 1.807) is 11.3 Å². The van der Waals surface area contributed by atoms with E-state index >= 15 is 0 Å². The molecule has 0 bridgehead atoms. The highest BCUT2D eigenvalue weighted by atomic mass is 35.5. The molecule has 26 heavy (non-hydrogen) atoms. The van der Waals surface area contributed by atoms with Crippen molar-refractivity contribution in [2.45, 2.75) is 26.3 Å². The number of aromatic nitrogens is 1. The van der Waals surface area contributed by atoms with Gasteiger partial charge in [-0.05, 0) is 32.9 Å². The van der Waals surface area contributed by atoms with Gasteiger partial charge in [0.25, 0.3) is 0 Å². The number of nitrogens with zero attached hydrogens (tertiary/aromatic N) is 3. The molecule has 0 saturated carbocycles. The number of carbonyl (C=O) groups excluding carboxylic acids is 1. The van der Waals surface area contributed by atoms with Crippen LogP contribution in [0, 0.1) is 12.8 Å². The van der Waals surface area contributed by atoms with E-state index in [2.05, 4.69) is 30.8 Å². The SMILES string of the molecule is Cc1nc(CN2CCC(C(=O)NCCN3CCNCC3)CC2)cs1.Cl.Cl. The fraction of sp³-hybridized carbons (Fsp3) is 0.765. The molecule has 3 heterocycles. The van der Waals surface area contributed by atoms with E-state index in [1.165, 1.54) is 0 Å². The molecule has 9 heteroatoms. The van der Waals surface area contributed by atoms with Crippen LogP contribution in [0.5, 0.6) is 0 Å². The smallest absolute Gasteiger partial charge is 0.223 e. The minimum absolute atomic E-state index is 0. The topological polar surface area (TPSA) is 60.5 Å². The Hall–Kier alpha value is -0.440. The lowest BCUT2D eigenvalue weighted by Crippen LogP contribution is -2.47. The van der Waals surface area contributed by atoms with Crippen LogP contribution >= 0.6 is 36.2 Å². The summed E-state index contributed by atoms with van der Waals surface area (Å²) >= 11 is 1.71. The molecule has 2 aliphatic rings. The number of hydrogen-bond donors (Lipinski definition) is 2. The predicted molar refractivity (Wildman–Crippen MR) is 112 cm³/mol. The van der Waals surface area contributed by atoms with Crippen LogP contribution in [0.15, 0.2) is 5.38 Å². The Morgan fingerprint density at radius 1 is 1.23 bits per heavy atom. The van der Waals surface area contributed by atoms with Gasteiger partial charge in [-0.25, -0.2) is 4.98 Å². The Labute approximate surface area is 172 Å². The lowest BCUT2D eigenvalue weighted by Gasteiger charge is -2.31. The maximum absolute atomic E-state index is 12.3. The number of thiazole rings is 1. The second kappa shape index (κ2) is 12.1. The van der Waals surface area contributed by atoms with Gasteiger partial charge >= 0.3 is 0 Å². The zero-order valence-corrected chi connectivity index (χ0v) is 17.9. The van der Waals surface area contributed by atoms with Crippen LogP contribution in [0.25, 0.3) is 0 Å². The molecule has 6 nitrogen and oxygen atoms in total. The second-order valence-corrected chi connectivity index (χ2v) is 7.85. The van der Waals surface area contributed by atoms with Crippen LogP contribution in [-0.4, -0.2) is 73.0 Å². The number of nitrogens with one attached hydrogen (secondary N) is 2. The number of hydrogen-bond acceptors (Lipinski definition) is 6. The van der Waals surface area contributed by atoms with Crippen LogP contribution in [0.2, 0.25) is 0 Å². The molecule has 2 saturated heterocycles. The molecule has 2 aliphatic heterocycles. The first-order chi connectivity index (χ1) is 11.7. The molecular weight excluding hydrogens is 393 g/mol. The summed E-state index contributed by atoms with van der Waals surface area (Å²) in [6.07, 6.45) is 1.92. The molecule has 1 aromatic heterocycles. The fourth-order valence-corrected chi connectivity index (χ4v) is 4.08. The van der Waals surface area contributed by atoms with E-state index in [4.69, 9.17) is 0 Å². The number of halogens is 2. The number of rotatable bonds is 6. The largest absolute Gasteiger partial charge is 0.355 e. The van der Waals surface area contributed by atoms with Gasteiger partial charge in [0.1, 0.15) is 0 Å². The molecule has 2 N–H and O–H groups in total. The summed E-state index contributed by atoms with van der Waals surface area (Å²) in [5, 5.41) is 9.76. The fourth-order valence-electron chi connectivity index (χ4n) is 3.48. The molecule has 1 aromatic rings. The lowest BCUT2D eigenvalue weighted by atomic mass is 9.96. The summed E-state index contributed by atoms with van der Waals surface area (Å²) in [5.74, 6) is 0.427. The van der Waals surface area contributed by atoms with E-state index in [-0.39, 0.29) is 36.6 Å². The van der Waals surface area contributed by atoms with Crippen LogP contribution in [0.4, 0.5) is 0 Å². The quantitative estimate of drug-likeness (QED) is 0.726. The summed E-state index contributed by atoms with van der Waals surface area (Å²) in [4.78, 5) is 21.7. The molecule has 150 valence electrons. The second-order valence-electron chi connectivity index (χ2n) is 6.79. The zero-order chi connectivity index (χ0) is 16.8. The number of piperazine rings is 1. The van der Waals surface area contributed by atoms with Crippen LogP contribution in [0.1, 0.15) is 23.5 Å². The van der Waals surface area contributed by atoms with E-state index in [0.717, 1.165) is 82.4 Å². The Morgan fingerprint density at radius 3 is 2.54 bits per heavy atom. The Balaban J connectivity index is 0.00000169. The monoisotopic (exact) mass is 423 g/mol. The summed E-state index contributed by atoms with van der Waals surface area (Å²) in [6.45, 7) is 11.0. The van der Waals surface area contributed by atoms with Gasteiger partial charge in [-0.15, -0.1) is 36.2 Å². The third-order valence-electron chi connectivity index (χ3n) is 4.95. The highest BCUT2D eigenvalue weighted by Gasteiger charge is 2.25. The minimum Gasteiger partial charge on any atom is -0.355 e. The zero-order valence-electron chi connectivity index (χ0n) is 15.4. The first-order valence-electron chi connectivity index (χ1n) is 9.05. The van der Waals surface area contributed by atoms with Crippen LogP contribution in [-0.2, 0) is 11.3 Å². The van der Waals surface area contributed by atoms with Crippen molar-refractivity contribution in [1.82, 2.24) is 25.4 Å². The summed E-state index contributed by atoms with van der Waals surface area (Å²) in [7, 11) is 0. The van der Waals surface area contributed by atoms with Gasteiger partial charge in [0.05, 0.1) is 10.7 Å². The highest BCUT2D eigenvalue weighted by molar-refractivity contribution is 7.09. The maximum Gasteiger partial charge on any atom is 0.223 e. The molecule has 0 unspecified atom stereocenters. The number of piperidine rings is 1. The Morgan fingerprint density at radius 2 is 1.92 bits per heavy atom. The van der Waals surface area contributed by atoms with Crippen molar-refractivity contribution in [1.29, 1.82) is 0 Å². The average molecular weight is 424 g/mol. The molecule has 0 aliphatic carbocycles. The van der Waals surface area contributed by atoms with Gasteiger partial charge in [-0.2, -0.15) is 0 Å². The molecule has 0 radical (unpaired) electrons. The van der Waals surface area contributed by atoms with Crippen molar-refractivity contribution in [3.63, 3.8) is 0 Å². The molecule has 1 amide bonds. The van der Waals surface area contributed by atoms with Crippen molar-refractivity contribution < 1.29 is 4.79 Å². The van der Waals surface area contributed by atoms with Crippen LogP contribution in [0.3, 0.4) is 0 Å².